The molecule has 0 aliphatic heterocycles. The number of nitrogens with one attached hydrogen (secondary N) is 2. The minimum atomic E-state index is -0.672. The van der Waals surface area contributed by atoms with Crippen LogP contribution in [0.3, 0.4) is 0 Å². The molecule has 0 saturated heterocycles. The third kappa shape index (κ3) is 6.90. The lowest BCUT2D eigenvalue weighted by molar-refractivity contribution is -0.387. The number of amides is 2. The zero-order chi connectivity index (χ0) is 28.8. The summed E-state index contributed by atoms with van der Waals surface area (Å²) >= 11 is 1.24. The number of nitrogens with zero attached hydrogens (tertiary/aromatic N) is 1. The first-order valence-electron chi connectivity index (χ1n) is 12.7. The van der Waals surface area contributed by atoms with Crippen LogP contribution in [0.5, 0.6) is 5.75 Å². The Morgan fingerprint density at radius 1 is 0.780 bits per heavy atom. The fourth-order valence-electron chi connectivity index (χ4n) is 4.05. The van der Waals surface area contributed by atoms with E-state index in [-0.39, 0.29) is 11.3 Å². The van der Waals surface area contributed by atoms with Crippen LogP contribution in [0.2, 0.25) is 0 Å². The molecule has 0 aromatic heterocycles. The summed E-state index contributed by atoms with van der Waals surface area (Å²) in [6, 6.07) is 32.5. The number of rotatable bonds is 8. The molecule has 0 bridgehead atoms. The van der Waals surface area contributed by atoms with Gasteiger partial charge in [0.1, 0.15) is 12.4 Å². The van der Waals surface area contributed by atoms with Gasteiger partial charge in [0, 0.05) is 22.1 Å². The summed E-state index contributed by atoms with van der Waals surface area (Å²) in [6.07, 6.45) is 0. The molecule has 0 saturated carbocycles. The highest BCUT2D eigenvalue weighted by Crippen LogP contribution is 2.35. The molecular formula is C32H25N3O5S. The second-order valence-electron chi connectivity index (χ2n) is 9.26. The molecule has 8 nitrogen and oxygen atoms in total. The van der Waals surface area contributed by atoms with Gasteiger partial charge >= 0.3 is 0 Å². The number of hydrogen-bond donors (Lipinski definition) is 2. The molecule has 0 unspecified atom stereocenters. The van der Waals surface area contributed by atoms with Crippen LogP contribution in [0.4, 0.5) is 5.69 Å². The van der Waals surface area contributed by atoms with Crippen molar-refractivity contribution in [3.05, 3.63) is 142 Å². The Hall–Kier alpha value is -5.15. The summed E-state index contributed by atoms with van der Waals surface area (Å²) in [4.78, 5) is 37.6. The first-order chi connectivity index (χ1) is 19.9. The highest BCUT2D eigenvalue weighted by Gasteiger charge is 2.19. The molecule has 2 N–H and O–H groups in total. The minimum Gasteiger partial charge on any atom is -0.489 e. The van der Waals surface area contributed by atoms with Crippen LogP contribution >= 0.6 is 11.8 Å². The van der Waals surface area contributed by atoms with E-state index in [1.54, 1.807) is 24.3 Å². The van der Waals surface area contributed by atoms with Crippen LogP contribution in [0.15, 0.2) is 119 Å². The van der Waals surface area contributed by atoms with Crippen molar-refractivity contribution < 1.29 is 19.2 Å². The highest BCUT2D eigenvalue weighted by atomic mass is 32.2. The van der Waals surface area contributed by atoms with Crippen LogP contribution in [-0.2, 0) is 6.61 Å². The van der Waals surface area contributed by atoms with Gasteiger partial charge in [-0.05, 0) is 71.8 Å². The fourth-order valence-corrected chi connectivity index (χ4v) is 4.96. The number of hydrazine groups is 1. The lowest BCUT2D eigenvalue weighted by Gasteiger charge is -2.10. The predicted molar refractivity (Wildman–Crippen MR) is 158 cm³/mol. The molecule has 0 aliphatic rings. The van der Waals surface area contributed by atoms with Gasteiger partial charge < -0.3 is 4.74 Å². The summed E-state index contributed by atoms with van der Waals surface area (Å²) in [5.41, 5.74) is 6.81. The number of hydrogen-bond acceptors (Lipinski definition) is 6. The fraction of sp³-hybridized carbons (Fsp3) is 0.0625. The largest absolute Gasteiger partial charge is 0.489 e. The number of carbonyl (C=O) groups is 2. The third-order valence-electron chi connectivity index (χ3n) is 6.30. The molecule has 5 rings (SSSR count). The highest BCUT2D eigenvalue weighted by molar-refractivity contribution is 7.99. The molecule has 0 fully saturated rings. The van der Waals surface area contributed by atoms with Gasteiger partial charge in [-0.15, -0.1) is 0 Å². The summed E-state index contributed by atoms with van der Waals surface area (Å²) in [6.45, 7) is 2.29. The molecule has 0 spiro atoms. The molecule has 0 aliphatic carbocycles. The maximum atomic E-state index is 12.6. The SMILES string of the molecule is Cc1ccc(Sc2ccc(C(=O)NNC(=O)c3ccc(COc4ccc5ccccc5c4)cc3)cc2[N+](=O)[O-])cc1. The summed E-state index contributed by atoms with van der Waals surface area (Å²) in [5, 5.41) is 13.9. The Bertz CT molecular complexity index is 1740. The number of fused-ring (bicyclic) bond motifs is 1. The topological polar surface area (TPSA) is 111 Å². The molecule has 5 aromatic carbocycles. The van der Waals surface area contributed by atoms with E-state index < -0.39 is 16.7 Å². The monoisotopic (exact) mass is 563 g/mol. The van der Waals surface area contributed by atoms with Crippen molar-refractivity contribution in [3.8, 4) is 5.75 Å². The minimum absolute atomic E-state index is 0.0476. The van der Waals surface area contributed by atoms with E-state index in [0.29, 0.717) is 17.1 Å². The van der Waals surface area contributed by atoms with Gasteiger partial charge in [0.2, 0.25) is 0 Å². The molecule has 41 heavy (non-hydrogen) atoms. The van der Waals surface area contributed by atoms with E-state index in [1.807, 2.05) is 73.7 Å². The number of nitro groups is 1. The molecule has 9 heteroatoms. The summed E-state index contributed by atoms with van der Waals surface area (Å²) in [7, 11) is 0. The van der Waals surface area contributed by atoms with Crippen LogP contribution in [0.25, 0.3) is 10.8 Å². The Morgan fingerprint density at radius 3 is 2.15 bits per heavy atom. The van der Waals surface area contributed by atoms with Crippen LogP contribution in [0.1, 0.15) is 31.8 Å². The maximum absolute atomic E-state index is 12.6. The maximum Gasteiger partial charge on any atom is 0.284 e. The molecule has 5 aromatic rings. The Balaban J connectivity index is 1.16. The van der Waals surface area contributed by atoms with E-state index >= 15 is 0 Å². The summed E-state index contributed by atoms with van der Waals surface area (Å²) in [5.74, 6) is -0.453. The number of benzene rings is 5. The van der Waals surface area contributed by atoms with E-state index in [1.165, 1.54) is 30.0 Å². The number of ether oxygens (including phenoxy) is 1. The molecule has 2 amide bonds. The lowest BCUT2D eigenvalue weighted by atomic mass is 10.1. The van der Waals surface area contributed by atoms with E-state index in [9.17, 15) is 19.7 Å². The van der Waals surface area contributed by atoms with Crippen molar-refractivity contribution >= 4 is 40.0 Å². The van der Waals surface area contributed by atoms with Crippen LogP contribution in [0, 0.1) is 17.0 Å². The molecule has 0 radical (unpaired) electrons. The van der Waals surface area contributed by atoms with E-state index in [0.717, 1.165) is 32.5 Å². The standard InChI is InChI=1S/C32H25N3O5S/c1-21-6-15-28(16-7-21)41-30-17-13-26(19-29(30)35(38)39)32(37)34-33-31(36)24-10-8-22(9-11-24)20-40-27-14-12-23-4-2-3-5-25(23)18-27/h2-19H,20H2,1H3,(H,33,36)(H,34,37). The zero-order valence-electron chi connectivity index (χ0n) is 22.0. The van der Waals surface area contributed by atoms with Crippen molar-refractivity contribution in [1.82, 2.24) is 10.9 Å². The van der Waals surface area contributed by atoms with Crippen LogP contribution in [-0.4, -0.2) is 16.7 Å². The first-order valence-corrected chi connectivity index (χ1v) is 13.5. The quantitative estimate of drug-likeness (QED) is 0.158. The predicted octanol–water partition coefficient (Wildman–Crippen LogP) is 6.86. The normalized spacial score (nSPS) is 10.7. The first kappa shape index (κ1) is 27.4. The average molecular weight is 564 g/mol. The van der Waals surface area contributed by atoms with E-state index in [4.69, 9.17) is 4.74 Å². The van der Waals surface area contributed by atoms with Gasteiger partial charge in [0.15, 0.2) is 0 Å². The second kappa shape index (κ2) is 12.4. The van der Waals surface area contributed by atoms with E-state index in [2.05, 4.69) is 10.9 Å². The summed E-state index contributed by atoms with van der Waals surface area (Å²) < 4.78 is 5.89. The van der Waals surface area contributed by atoms with Gasteiger partial charge in [-0.1, -0.05) is 71.9 Å². The van der Waals surface area contributed by atoms with Gasteiger partial charge in [-0.3, -0.25) is 30.6 Å². The Kier molecular flexibility index (Phi) is 8.26. The van der Waals surface area contributed by atoms with Gasteiger partial charge in [-0.2, -0.15) is 0 Å². The molecule has 204 valence electrons. The van der Waals surface area contributed by atoms with Gasteiger partial charge in [0.25, 0.3) is 17.5 Å². The van der Waals surface area contributed by atoms with Gasteiger partial charge in [-0.25, -0.2) is 0 Å². The smallest absolute Gasteiger partial charge is 0.284 e. The molecule has 0 atom stereocenters. The van der Waals surface area contributed by atoms with Crippen molar-refractivity contribution in [1.29, 1.82) is 0 Å². The number of aryl methyl sites for hydroxylation is 1. The average Bonchev–Trinajstić information content (AvgIpc) is 3.00. The third-order valence-corrected chi connectivity index (χ3v) is 7.37. The van der Waals surface area contributed by atoms with Crippen molar-refractivity contribution in [2.75, 3.05) is 0 Å². The van der Waals surface area contributed by atoms with Crippen LogP contribution < -0.4 is 15.6 Å². The van der Waals surface area contributed by atoms with Crippen molar-refractivity contribution in [2.45, 2.75) is 23.3 Å². The van der Waals surface area contributed by atoms with Gasteiger partial charge in [0.05, 0.1) is 9.82 Å². The lowest BCUT2D eigenvalue weighted by Crippen LogP contribution is -2.41. The van der Waals surface area contributed by atoms with Crippen molar-refractivity contribution in [3.63, 3.8) is 0 Å². The number of nitro benzene ring substituents is 1. The number of carbonyl (C=O) groups excluding carboxylic acids is 2. The Morgan fingerprint density at radius 2 is 1.44 bits per heavy atom. The molecule has 0 heterocycles. The molecular weight excluding hydrogens is 538 g/mol. The van der Waals surface area contributed by atoms with Crippen molar-refractivity contribution in [2.24, 2.45) is 0 Å². The zero-order valence-corrected chi connectivity index (χ0v) is 22.8. The Labute approximate surface area is 240 Å². The second-order valence-corrected chi connectivity index (χ2v) is 10.4.